The van der Waals surface area contributed by atoms with Crippen molar-refractivity contribution < 1.29 is 24.0 Å². The average molecular weight is 303 g/mol. The van der Waals surface area contributed by atoms with E-state index < -0.39 is 17.8 Å². The first-order chi connectivity index (χ1) is 10.5. The van der Waals surface area contributed by atoms with Crippen molar-refractivity contribution in [1.29, 1.82) is 0 Å². The molecule has 2 heterocycles. The van der Waals surface area contributed by atoms with E-state index >= 15 is 0 Å². The Labute approximate surface area is 127 Å². The lowest BCUT2D eigenvalue weighted by Crippen LogP contribution is -2.39. The molecule has 6 nitrogen and oxygen atoms in total. The van der Waals surface area contributed by atoms with Gasteiger partial charge in [0.1, 0.15) is 0 Å². The van der Waals surface area contributed by atoms with Crippen LogP contribution in [0.15, 0.2) is 24.3 Å². The van der Waals surface area contributed by atoms with E-state index in [4.69, 9.17) is 9.57 Å². The number of fused-ring (bicyclic) bond motifs is 1. The standard InChI is InChI=1S/C16H17NO5/c1-9-7-11(8-10(2)21-9)16(20)22-17-14(18)12-5-3-4-6-13(12)15(17)19/h3-6,9-11H,7-8H2,1-2H3/t9-,10+,11?. The van der Waals surface area contributed by atoms with E-state index in [0.29, 0.717) is 17.9 Å². The number of carbonyl (C=O) groups excluding carboxylic acids is 3. The summed E-state index contributed by atoms with van der Waals surface area (Å²) in [5.74, 6) is -2.12. The number of imide groups is 1. The van der Waals surface area contributed by atoms with Crippen molar-refractivity contribution in [2.75, 3.05) is 0 Å². The van der Waals surface area contributed by atoms with Crippen LogP contribution in [0.1, 0.15) is 47.4 Å². The second kappa shape index (κ2) is 5.53. The van der Waals surface area contributed by atoms with Crippen LogP contribution in [0.4, 0.5) is 0 Å². The van der Waals surface area contributed by atoms with Gasteiger partial charge in [-0.3, -0.25) is 9.59 Å². The van der Waals surface area contributed by atoms with Crippen LogP contribution in [0, 0.1) is 5.92 Å². The fourth-order valence-corrected chi connectivity index (χ4v) is 3.01. The maximum Gasteiger partial charge on any atom is 0.336 e. The van der Waals surface area contributed by atoms with E-state index in [-0.39, 0.29) is 29.3 Å². The minimum absolute atomic E-state index is 0.0523. The van der Waals surface area contributed by atoms with E-state index in [9.17, 15) is 14.4 Å². The molecule has 1 aromatic carbocycles. The van der Waals surface area contributed by atoms with Gasteiger partial charge in [0.05, 0.1) is 29.3 Å². The molecule has 0 aliphatic carbocycles. The molecule has 116 valence electrons. The van der Waals surface area contributed by atoms with Crippen molar-refractivity contribution in [3.05, 3.63) is 35.4 Å². The predicted molar refractivity (Wildman–Crippen MR) is 75.8 cm³/mol. The van der Waals surface area contributed by atoms with Crippen molar-refractivity contribution in [2.24, 2.45) is 5.92 Å². The number of hydrogen-bond acceptors (Lipinski definition) is 5. The lowest BCUT2D eigenvalue weighted by atomic mass is 9.93. The molecule has 0 N–H and O–H groups in total. The first-order valence-electron chi connectivity index (χ1n) is 7.32. The van der Waals surface area contributed by atoms with E-state index in [0.717, 1.165) is 0 Å². The Morgan fingerprint density at radius 2 is 1.59 bits per heavy atom. The molecule has 1 fully saturated rings. The number of nitrogens with zero attached hydrogens (tertiary/aromatic N) is 1. The molecule has 2 amide bonds. The molecule has 0 aromatic heterocycles. The lowest BCUT2D eigenvalue weighted by molar-refractivity contribution is -0.180. The van der Waals surface area contributed by atoms with Crippen molar-refractivity contribution in [3.63, 3.8) is 0 Å². The molecule has 6 heteroatoms. The molecule has 1 saturated heterocycles. The Kier molecular flexibility index (Phi) is 3.70. The topological polar surface area (TPSA) is 72.9 Å². The molecule has 0 bridgehead atoms. The Balaban J connectivity index is 1.73. The van der Waals surface area contributed by atoms with E-state index in [1.807, 2.05) is 13.8 Å². The quantitative estimate of drug-likeness (QED) is 0.781. The van der Waals surface area contributed by atoms with Gasteiger partial charge in [-0.05, 0) is 38.8 Å². The second-order valence-corrected chi connectivity index (χ2v) is 5.79. The Bertz CT molecular complexity index is 596. The van der Waals surface area contributed by atoms with Crippen molar-refractivity contribution >= 4 is 17.8 Å². The third-order valence-corrected chi connectivity index (χ3v) is 3.97. The number of amides is 2. The summed E-state index contributed by atoms with van der Waals surface area (Å²) in [6, 6.07) is 6.42. The van der Waals surface area contributed by atoms with E-state index in [1.165, 1.54) is 0 Å². The summed E-state index contributed by atoms with van der Waals surface area (Å²) in [7, 11) is 0. The van der Waals surface area contributed by atoms with Gasteiger partial charge >= 0.3 is 5.97 Å². The normalized spacial score (nSPS) is 27.7. The fourth-order valence-electron chi connectivity index (χ4n) is 3.01. The highest BCUT2D eigenvalue weighted by Crippen LogP contribution is 2.28. The molecule has 0 radical (unpaired) electrons. The molecular formula is C16H17NO5. The summed E-state index contributed by atoms with van der Waals surface area (Å²) in [5.41, 5.74) is 0.517. The Morgan fingerprint density at radius 1 is 1.09 bits per heavy atom. The van der Waals surface area contributed by atoms with Crippen LogP contribution in [0.3, 0.4) is 0 Å². The number of ether oxygens (including phenoxy) is 1. The summed E-state index contributed by atoms with van der Waals surface area (Å²) in [6.45, 7) is 3.77. The summed E-state index contributed by atoms with van der Waals surface area (Å²) in [4.78, 5) is 41.7. The zero-order valence-corrected chi connectivity index (χ0v) is 12.4. The highest BCUT2D eigenvalue weighted by atomic mass is 16.7. The van der Waals surface area contributed by atoms with Gasteiger partial charge in [-0.25, -0.2) is 4.79 Å². The Morgan fingerprint density at radius 3 is 2.09 bits per heavy atom. The van der Waals surface area contributed by atoms with Crippen molar-refractivity contribution in [2.45, 2.75) is 38.9 Å². The number of hydroxylamine groups is 2. The summed E-state index contributed by atoms with van der Waals surface area (Å²) < 4.78 is 5.57. The zero-order valence-electron chi connectivity index (χ0n) is 12.4. The van der Waals surface area contributed by atoms with Gasteiger partial charge in [0, 0.05) is 0 Å². The van der Waals surface area contributed by atoms with E-state index in [1.54, 1.807) is 24.3 Å². The number of hydrogen-bond donors (Lipinski definition) is 0. The molecule has 2 aliphatic heterocycles. The van der Waals surface area contributed by atoms with Crippen LogP contribution < -0.4 is 0 Å². The lowest BCUT2D eigenvalue weighted by Gasteiger charge is -2.31. The second-order valence-electron chi connectivity index (χ2n) is 5.79. The van der Waals surface area contributed by atoms with Crippen LogP contribution >= 0.6 is 0 Å². The maximum atomic E-state index is 12.3. The van der Waals surface area contributed by atoms with Crippen molar-refractivity contribution in [3.8, 4) is 0 Å². The molecule has 22 heavy (non-hydrogen) atoms. The largest absolute Gasteiger partial charge is 0.376 e. The highest BCUT2D eigenvalue weighted by Gasteiger charge is 2.40. The Hall–Kier alpha value is -2.21. The molecule has 3 rings (SSSR count). The van der Waals surface area contributed by atoms with Gasteiger partial charge in [-0.1, -0.05) is 17.2 Å². The first-order valence-corrected chi connectivity index (χ1v) is 7.32. The predicted octanol–water partition coefficient (Wildman–Crippen LogP) is 1.94. The summed E-state index contributed by atoms with van der Waals surface area (Å²) in [6.07, 6.45) is 0.936. The fraction of sp³-hybridized carbons (Fsp3) is 0.438. The smallest absolute Gasteiger partial charge is 0.336 e. The van der Waals surface area contributed by atoms with Gasteiger partial charge in [0.2, 0.25) is 0 Å². The van der Waals surface area contributed by atoms with Crippen LogP contribution in [0.25, 0.3) is 0 Å². The minimum atomic E-state index is -0.595. The molecule has 0 saturated carbocycles. The van der Waals surface area contributed by atoms with Crippen LogP contribution in [-0.2, 0) is 14.4 Å². The van der Waals surface area contributed by atoms with Crippen molar-refractivity contribution in [1.82, 2.24) is 5.06 Å². The molecular weight excluding hydrogens is 286 g/mol. The van der Waals surface area contributed by atoms with Gasteiger partial charge in [-0.15, -0.1) is 0 Å². The van der Waals surface area contributed by atoms with Gasteiger partial charge in [0.25, 0.3) is 11.8 Å². The van der Waals surface area contributed by atoms with Gasteiger partial charge in [0.15, 0.2) is 0 Å². The third-order valence-electron chi connectivity index (χ3n) is 3.97. The number of carbonyl (C=O) groups is 3. The number of benzene rings is 1. The average Bonchev–Trinajstić information content (AvgIpc) is 2.72. The molecule has 3 atom stereocenters. The van der Waals surface area contributed by atoms with Gasteiger partial charge in [-0.2, -0.15) is 0 Å². The van der Waals surface area contributed by atoms with Gasteiger partial charge < -0.3 is 9.57 Å². The van der Waals surface area contributed by atoms with Crippen LogP contribution in [0.5, 0.6) is 0 Å². The summed E-state index contributed by atoms with van der Waals surface area (Å²) in [5, 5.41) is 0.567. The van der Waals surface area contributed by atoms with Crippen LogP contribution in [0.2, 0.25) is 0 Å². The zero-order chi connectivity index (χ0) is 15.9. The SMILES string of the molecule is C[C@@H]1CC(C(=O)ON2C(=O)c3ccccc3C2=O)C[C@H](C)O1. The van der Waals surface area contributed by atoms with E-state index in [2.05, 4.69) is 0 Å². The molecule has 1 unspecified atom stereocenters. The highest BCUT2D eigenvalue weighted by molar-refractivity contribution is 6.20. The monoisotopic (exact) mass is 303 g/mol. The first kappa shape index (κ1) is 14.7. The minimum Gasteiger partial charge on any atom is -0.376 e. The number of rotatable bonds is 2. The van der Waals surface area contributed by atoms with Crippen LogP contribution in [-0.4, -0.2) is 35.1 Å². The summed E-state index contributed by atoms with van der Waals surface area (Å²) >= 11 is 0. The molecule has 1 aromatic rings. The molecule has 0 spiro atoms. The molecule has 2 aliphatic rings. The third kappa shape index (κ3) is 2.50. The maximum absolute atomic E-state index is 12.3.